The number of thiazole rings is 1. The Bertz CT molecular complexity index is 1940. The zero-order valence-electron chi connectivity index (χ0n) is 24.7. The highest BCUT2D eigenvalue weighted by molar-refractivity contribution is 8.30. The van der Waals surface area contributed by atoms with Crippen LogP contribution in [0.25, 0.3) is 22.1 Å². The molecular weight excluding hydrogens is 591 g/mol. The number of thioether (sulfide) groups is 1. The van der Waals surface area contributed by atoms with Gasteiger partial charge in [0, 0.05) is 29.9 Å². The van der Waals surface area contributed by atoms with Gasteiger partial charge in [0.05, 0.1) is 11.1 Å². The molecule has 218 valence electrons. The lowest BCUT2D eigenvalue weighted by Crippen LogP contribution is -2.33. The summed E-state index contributed by atoms with van der Waals surface area (Å²) in [6.45, 7) is 10.3. The van der Waals surface area contributed by atoms with Crippen molar-refractivity contribution in [2.45, 2.75) is 46.2 Å². The molecule has 0 spiro atoms. The fourth-order valence-corrected chi connectivity index (χ4v) is 8.42. The Morgan fingerprint density at radius 1 is 0.837 bits per heavy atom. The predicted molar refractivity (Wildman–Crippen MR) is 185 cm³/mol. The zero-order valence-corrected chi connectivity index (χ0v) is 27.1. The Hall–Kier alpha value is -3.72. The molecule has 1 fully saturated rings. The number of carbonyl (C=O) groups excluding carboxylic acids is 1. The van der Waals surface area contributed by atoms with Crippen molar-refractivity contribution in [2.24, 2.45) is 0 Å². The minimum absolute atomic E-state index is 0.0876. The average molecular weight is 624 g/mol. The number of carbonyl (C=O) groups is 1. The van der Waals surface area contributed by atoms with Gasteiger partial charge in [0.2, 0.25) is 0 Å². The number of anilines is 1. The van der Waals surface area contributed by atoms with Crippen molar-refractivity contribution in [2.75, 3.05) is 11.4 Å². The smallest absolute Gasteiger partial charge is 0.269 e. The quantitative estimate of drug-likeness (QED) is 0.238. The summed E-state index contributed by atoms with van der Waals surface area (Å²) in [7, 11) is 0. The normalized spacial score (nSPS) is 18.7. The number of likely N-dealkylation sites (N-methyl/N-ethyl adjacent to an activating group) is 1. The largest absolute Gasteiger partial charge is 0.344 e. The maximum Gasteiger partial charge on any atom is 0.269 e. The fraction of sp³-hybridized carbons (Fsp3) is 0.229. The first kappa shape index (κ1) is 29.4. The van der Waals surface area contributed by atoms with E-state index < -0.39 is 0 Å². The van der Waals surface area contributed by atoms with E-state index in [0.29, 0.717) is 31.5 Å². The number of benzene rings is 3. The van der Waals surface area contributed by atoms with E-state index >= 15 is 0 Å². The molecule has 1 amide bonds. The highest BCUT2D eigenvalue weighted by Gasteiger charge is 2.39. The van der Waals surface area contributed by atoms with E-state index in [1.807, 2.05) is 49.4 Å². The maximum atomic E-state index is 13.6. The molecule has 8 heteroatoms. The van der Waals surface area contributed by atoms with Gasteiger partial charge < -0.3 is 4.90 Å². The minimum Gasteiger partial charge on any atom is -0.344 e. The summed E-state index contributed by atoms with van der Waals surface area (Å²) in [6, 6.07) is 26.9. The molecule has 2 aliphatic rings. The lowest BCUT2D eigenvalue weighted by Gasteiger charge is -2.25. The van der Waals surface area contributed by atoms with E-state index in [-0.39, 0.29) is 16.9 Å². The van der Waals surface area contributed by atoms with Crippen molar-refractivity contribution in [3.63, 3.8) is 0 Å². The monoisotopic (exact) mass is 623 g/mol. The summed E-state index contributed by atoms with van der Waals surface area (Å²) in [5.41, 5.74) is 6.65. The number of allylic oxidation sites excluding steroid dienone is 2. The van der Waals surface area contributed by atoms with Gasteiger partial charge >= 0.3 is 0 Å². The topological polar surface area (TPSA) is 45.5 Å². The van der Waals surface area contributed by atoms with Crippen molar-refractivity contribution in [1.82, 2.24) is 9.47 Å². The molecule has 3 heterocycles. The third-order valence-electron chi connectivity index (χ3n) is 8.16. The minimum atomic E-state index is -0.257. The Balaban J connectivity index is 1.40. The Morgan fingerprint density at radius 2 is 1.53 bits per heavy atom. The van der Waals surface area contributed by atoms with Crippen molar-refractivity contribution in [3.05, 3.63) is 121 Å². The van der Waals surface area contributed by atoms with Crippen molar-refractivity contribution < 1.29 is 4.79 Å². The van der Waals surface area contributed by atoms with Crippen LogP contribution in [0.3, 0.4) is 0 Å². The summed E-state index contributed by atoms with van der Waals surface area (Å²) in [5.74, 6) is -0.147. The number of amides is 1. The van der Waals surface area contributed by atoms with Crippen LogP contribution < -0.4 is 19.7 Å². The molecule has 0 bridgehead atoms. The third kappa shape index (κ3) is 5.22. The molecule has 3 aromatic carbocycles. The van der Waals surface area contributed by atoms with Crippen molar-refractivity contribution in [1.29, 1.82) is 0 Å². The molecule has 0 aliphatic carbocycles. The Morgan fingerprint density at radius 3 is 2.21 bits per heavy atom. The van der Waals surface area contributed by atoms with Gasteiger partial charge in [0.15, 0.2) is 0 Å². The average Bonchev–Trinajstić information content (AvgIpc) is 3.57. The SMILES string of the molecule is CCN1/C(=C/C=c2sc(=C3SC(=S)N(Cc4ccccc4)C3=O)n(CC)c2=O)C(C)(C)c2cc(-c3ccccc3)ccc21. The van der Waals surface area contributed by atoms with Crippen molar-refractivity contribution >= 4 is 62.2 Å². The summed E-state index contributed by atoms with van der Waals surface area (Å²) in [4.78, 5) is 31.6. The van der Waals surface area contributed by atoms with Crippen molar-refractivity contribution in [3.8, 4) is 11.1 Å². The lowest BCUT2D eigenvalue weighted by atomic mass is 9.82. The molecule has 2 aliphatic heterocycles. The van der Waals surface area contributed by atoms with Gasteiger partial charge in [-0.25, -0.2) is 0 Å². The summed E-state index contributed by atoms with van der Waals surface area (Å²) in [5, 5.41) is 0. The molecule has 1 aromatic heterocycles. The van der Waals surface area contributed by atoms with E-state index in [9.17, 15) is 9.59 Å². The maximum absolute atomic E-state index is 13.6. The predicted octanol–water partition coefficient (Wildman–Crippen LogP) is 6.25. The van der Waals surface area contributed by atoms with Gasteiger partial charge in [-0.05, 0) is 60.4 Å². The molecule has 0 saturated carbocycles. The summed E-state index contributed by atoms with van der Waals surface area (Å²) < 4.78 is 3.48. The molecular formula is C35H33N3O2S3. The van der Waals surface area contributed by atoms with E-state index in [1.165, 1.54) is 45.5 Å². The van der Waals surface area contributed by atoms with E-state index in [0.717, 1.165) is 17.8 Å². The zero-order chi connectivity index (χ0) is 30.3. The standard InChI is InChI=1S/C35H33N3O2S3/c1-5-36-27-18-17-25(24-15-11-8-12-16-24)21-26(27)35(3,4)29(36)20-19-28-31(39)37(6-2)33(42-28)30-32(40)38(34(41)43-30)22-23-13-9-7-10-14-23/h7-21H,5-6,22H2,1-4H3/b28-19?,29-20+,33-30?. The number of rotatable bonds is 6. The van der Waals surface area contributed by atoms with Crippen LogP contribution in [0.4, 0.5) is 5.69 Å². The molecule has 5 nitrogen and oxygen atoms in total. The van der Waals surface area contributed by atoms with Gasteiger partial charge in [0.25, 0.3) is 11.5 Å². The van der Waals surface area contributed by atoms with Crippen LogP contribution in [0.15, 0.2) is 95.4 Å². The number of fused-ring (bicyclic) bond motifs is 1. The summed E-state index contributed by atoms with van der Waals surface area (Å²) >= 11 is 8.25. The molecule has 6 rings (SSSR count). The van der Waals surface area contributed by atoms with Gasteiger partial charge in [-0.15, -0.1) is 11.3 Å². The number of hydrogen-bond acceptors (Lipinski definition) is 6. The molecule has 0 atom stereocenters. The van der Waals surface area contributed by atoms with Crippen LogP contribution >= 0.6 is 35.3 Å². The van der Waals surface area contributed by atoms with Crippen LogP contribution in [0.2, 0.25) is 0 Å². The second kappa shape index (κ2) is 11.8. The van der Waals surface area contributed by atoms with E-state index in [1.54, 1.807) is 9.47 Å². The van der Waals surface area contributed by atoms with Gasteiger partial charge in [-0.2, -0.15) is 0 Å². The summed E-state index contributed by atoms with van der Waals surface area (Å²) in [6.07, 6.45) is 4.01. The third-order valence-corrected chi connectivity index (χ3v) is 10.9. The van der Waals surface area contributed by atoms with Crippen LogP contribution in [0, 0.1) is 0 Å². The van der Waals surface area contributed by atoms with Crippen LogP contribution in [-0.2, 0) is 23.3 Å². The fourth-order valence-electron chi connectivity index (χ4n) is 5.90. The highest BCUT2D eigenvalue weighted by atomic mass is 32.2. The second-order valence-corrected chi connectivity index (χ2v) is 13.8. The first-order valence-electron chi connectivity index (χ1n) is 14.5. The van der Waals surface area contributed by atoms with Gasteiger partial charge in [-0.1, -0.05) is 105 Å². The van der Waals surface area contributed by atoms with E-state index in [2.05, 4.69) is 74.2 Å². The molecule has 0 N–H and O–H groups in total. The highest BCUT2D eigenvalue weighted by Crippen LogP contribution is 2.48. The van der Waals surface area contributed by atoms with Gasteiger partial charge in [0.1, 0.15) is 13.9 Å². The molecule has 0 radical (unpaired) electrons. The Labute approximate surface area is 265 Å². The molecule has 1 saturated heterocycles. The van der Waals surface area contributed by atoms with Crippen LogP contribution in [0.1, 0.15) is 38.8 Å². The first-order chi connectivity index (χ1) is 20.7. The molecule has 0 unspecified atom stereocenters. The lowest BCUT2D eigenvalue weighted by molar-refractivity contribution is -0.121. The number of nitrogens with zero attached hydrogens (tertiary/aromatic N) is 3. The van der Waals surface area contributed by atoms with E-state index in [4.69, 9.17) is 12.2 Å². The Kier molecular flexibility index (Phi) is 8.02. The second-order valence-electron chi connectivity index (χ2n) is 11.1. The number of hydrogen-bond donors (Lipinski definition) is 0. The first-order valence-corrected chi connectivity index (χ1v) is 16.5. The van der Waals surface area contributed by atoms with Crippen LogP contribution in [-0.4, -0.2) is 26.2 Å². The molecule has 43 heavy (non-hydrogen) atoms. The molecule has 4 aromatic rings. The van der Waals surface area contributed by atoms with Gasteiger partial charge in [-0.3, -0.25) is 19.1 Å². The number of aromatic nitrogens is 1. The number of thiocarbonyl (C=S) groups is 1. The van der Waals surface area contributed by atoms with Crippen LogP contribution in [0.5, 0.6) is 0 Å².